The lowest BCUT2D eigenvalue weighted by atomic mass is 10.2. The van der Waals surface area contributed by atoms with Crippen molar-refractivity contribution in [2.45, 2.75) is 13.8 Å². The zero-order valence-corrected chi connectivity index (χ0v) is 9.86. The van der Waals surface area contributed by atoms with Gasteiger partial charge >= 0.3 is 0 Å². The average Bonchev–Trinajstić information content (AvgIpc) is 2.27. The summed E-state index contributed by atoms with van der Waals surface area (Å²) < 4.78 is 0. The molecule has 0 bridgehead atoms. The van der Waals surface area contributed by atoms with E-state index < -0.39 is 0 Å². The number of benzene rings is 1. The number of nitrogens with two attached hydrogens (primary N) is 1. The molecule has 4 N–H and O–H groups in total. The van der Waals surface area contributed by atoms with Crippen LogP contribution in [-0.4, -0.2) is 10.1 Å². The van der Waals surface area contributed by atoms with E-state index in [0.29, 0.717) is 17.2 Å². The standard InChI is InChI=1S/C13H15N3O/c1-8-3-4-12(17)11(6-8)16-13-10(14)5-9(2)7-15-13/h3-7,17H,14H2,1-2H3,(H,15,16). The Morgan fingerprint density at radius 2 is 1.94 bits per heavy atom. The summed E-state index contributed by atoms with van der Waals surface area (Å²) in [5.41, 5.74) is 9.07. The van der Waals surface area contributed by atoms with Crippen LogP contribution in [0.5, 0.6) is 5.75 Å². The van der Waals surface area contributed by atoms with E-state index >= 15 is 0 Å². The SMILES string of the molecule is Cc1cnc(Nc2cc(C)ccc2O)c(N)c1. The number of anilines is 3. The van der Waals surface area contributed by atoms with Crippen LogP contribution in [0.4, 0.5) is 17.2 Å². The van der Waals surface area contributed by atoms with Crippen molar-refractivity contribution in [1.29, 1.82) is 0 Å². The quantitative estimate of drug-likeness (QED) is 0.692. The third kappa shape index (κ3) is 2.47. The fraction of sp³-hybridized carbons (Fsp3) is 0.154. The second-order valence-electron chi connectivity index (χ2n) is 4.10. The van der Waals surface area contributed by atoms with Crippen molar-refractivity contribution in [3.8, 4) is 5.75 Å². The number of nitrogens with zero attached hydrogens (tertiary/aromatic N) is 1. The van der Waals surface area contributed by atoms with E-state index in [2.05, 4.69) is 10.3 Å². The Bertz CT molecular complexity index is 552. The van der Waals surface area contributed by atoms with E-state index in [1.54, 1.807) is 12.3 Å². The first-order valence-electron chi connectivity index (χ1n) is 5.35. The molecule has 17 heavy (non-hydrogen) atoms. The number of aryl methyl sites for hydroxylation is 2. The molecular formula is C13H15N3O. The first-order valence-corrected chi connectivity index (χ1v) is 5.35. The van der Waals surface area contributed by atoms with Crippen LogP contribution in [0.3, 0.4) is 0 Å². The number of aromatic hydroxyl groups is 1. The van der Waals surface area contributed by atoms with Gasteiger partial charge in [0.2, 0.25) is 0 Å². The van der Waals surface area contributed by atoms with Crippen LogP contribution in [-0.2, 0) is 0 Å². The number of nitrogens with one attached hydrogen (secondary N) is 1. The van der Waals surface area contributed by atoms with E-state index in [0.717, 1.165) is 11.1 Å². The van der Waals surface area contributed by atoms with Gasteiger partial charge in [0.15, 0.2) is 5.82 Å². The lowest BCUT2D eigenvalue weighted by Gasteiger charge is -2.10. The van der Waals surface area contributed by atoms with Gasteiger partial charge < -0.3 is 16.2 Å². The molecule has 0 saturated heterocycles. The van der Waals surface area contributed by atoms with Crippen molar-refractivity contribution >= 4 is 17.2 Å². The summed E-state index contributed by atoms with van der Waals surface area (Å²) in [6.45, 7) is 3.88. The molecular weight excluding hydrogens is 214 g/mol. The Balaban J connectivity index is 2.34. The summed E-state index contributed by atoms with van der Waals surface area (Å²) in [7, 11) is 0. The van der Waals surface area contributed by atoms with E-state index in [4.69, 9.17) is 5.73 Å². The van der Waals surface area contributed by atoms with Gasteiger partial charge in [-0.05, 0) is 43.2 Å². The molecule has 1 heterocycles. The Morgan fingerprint density at radius 1 is 1.18 bits per heavy atom. The molecule has 2 rings (SSSR count). The molecule has 0 amide bonds. The van der Waals surface area contributed by atoms with E-state index in [1.807, 2.05) is 32.0 Å². The normalized spacial score (nSPS) is 10.2. The molecule has 4 heteroatoms. The van der Waals surface area contributed by atoms with E-state index in [-0.39, 0.29) is 5.75 Å². The smallest absolute Gasteiger partial charge is 0.153 e. The number of hydrogen-bond acceptors (Lipinski definition) is 4. The minimum atomic E-state index is 0.178. The fourth-order valence-corrected chi connectivity index (χ4v) is 1.57. The number of aromatic nitrogens is 1. The van der Waals surface area contributed by atoms with Crippen molar-refractivity contribution in [2.75, 3.05) is 11.1 Å². The van der Waals surface area contributed by atoms with Crippen molar-refractivity contribution in [1.82, 2.24) is 4.98 Å². The number of phenolic OH excluding ortho intramolecular Hbond substituents is 1. The van der Waals surface area contributed by atoms with Gasteiger partial charge in [-0.2, -0.15) is 0 Å². The van der Waals surface area contributed by atoms with E-state index in [1.165, 1.54) is 0 Å². The molecule has 0 atom stereocenters. The maximum absolute atomic E-state index is 9.71. The maximum Gasteiger partial charge on any atom is 0.153 e. The van der Waals surface area contributed by atoms with Crippen molar-refractivity contribution in [3.63, 3.8) is 0 Å². The Morgan fingerprint density at radius 3 is 2.65 bits per heavy atom. The first-order chi connectivity index (χ1) is 8.06. The average molecular weight is 229 g/mol. The van der Waals surface area contributed by atoms with Crippen molar-refractivity contribution in [3.05, 3.63) is 41.6 Å². The maximum atomic E-state index is 9.71. The highest BCUT2D eigenvalue weighted by atomic mass is 16.3. The first kappa shape index (κ1) is 11.3. The van der Waals surface area contributed by atoms with Gasteiger partial charge in [-0.1, -0.05) is 6.07 Å². The van der Waals surface area contributed by atoms with Crippen LogP contribution >= 0.6 is 0 Å². The van der Waals surface area contributed by atoms with Crippen LogP contribution in [0, 0.1) is 13.8 Å². The summed E-state index contributed by atoms with van der Waals surface area (Å²) in [5, 5.41) is 12.7. The predicted molar refractivity (Wildman–Crippen MR) is 69.5 cm³/mol. The van der Waals surface area contributed by atoms with Crippen LogP contribution in [0.1, 0.15) is 11.1 Å². The predicted octanol–water partition coefficient (Wildman–Crippen LogP) is 2.73. The summed E-state index contributed by atoms with van der Waals surface area (Å²) in [6, 6.07) is 7.16. The van der Waals surface area contributed by atoms with Crippen LogP contribution < -0.4 is 11.1 Å². The van der Waals surface area contributed by atoms with Gasteiger partial charge in [0.05, 0.1) is 11.4 Å². The molecule has 88 valence electrons. The summed E-state index contributed by atoms with van der Waals surface area (Å²) >= 11 is 0. The molecule has 0 aliphatic rings. The lowest BCUT2D eigenvalue weighted by Crippen LogP contribution is -2.00. The highest BCUT2D eigenvalue weighted by Crippen LogP contribution is 2.29. The summed E-state index contributed by atoms with van der Waals surface area (Å²) in [6.07, 6.45) is 1.73. The van der Waals surface area contributed by atoms with Gasteiger partial charge in [0.25, 0.3) is 0 Å². The second-order valence-corrected chi connectivity index (χ2v) is 4.10. The molecule has 0 unspecified atom stereocenters. The third-order valence-electron chi connectivity index (χ3n) is 2.46. The molecule has 1 aromatic carbocycles. The largest absolute Gasteiger partial charge is 0.506 e. The zero-order valence-electron chi connectivity index (χ0n) is 9.86. The number of pyridine rings is 1. The van der Waals surface area contributed by atoms with Crippen LogP contribution in [0.2, 0.25) is 0 Å². The highest BCUT2D eigenvalue weighted by molar-refractivity contribution is 5.72. The molecule has 0 saturated carbocycles. The molecule has 0 aliphatic heterocycles. The lowest BCUT2D eigenvalue weighted by molar-refractivity contribution is 0.477. The summed E-state index contributed by atoms with van der Waals surface area (Å²) in [5.74, 6) is 0.730. The molecule has 0 aliphatic carbocycles. The van der Waals surface area contributed by atoms with Crippen molar-refractivity contribution < 1.29 is 5.11 Å². The van der Waals surface area contributed by atoms with Gasteiger partial charge in [0, 0.05) is 6.20 Å². The molecule has 2 aromatic rings. The van der Waals surface area contributed by atoms with Gasteiger partial charge in [-0.3, -0.25) is 0 Å². The molecule has 4 nitrogen and oxygen atoms in total. The van der Waals surface area contributed by atoms with Crippen LogP contribution in [0.25, 0.3) is 0 Å². The molecule has 0 fully saturated rings. The molecule has 0 spiro atoms. The monoisotopic (exact) mass is 229 g/mol. The van der Waals surface area contributed by atoms with Gasteiger partial charge in [0.1, 0.15) is 5.75 Å². The third-order valence-corrected chi connectivity index (χ3v) is 2.46. The Hall–Kier alpha value is -2.23. The van der Waals surface area contributed by atoms with Gasteiger partial charge in [-0.15, -0.1) is 0 Å². The Kier molecular flexibility index (Phi) is 2.87. The highest BCUT2D eigenvalue weighted by Gasteiger charge is 2.05. The number of rotatable bonds is 2. The minimum absolute atomic E-state index is 0.178. The summed E-state index contributed by atoms with van der Waals surface area (Å²) in [4.78, 5) is 4.20. The second kappa shape index (κ2) is 4.33. The molecule has 0 radical (unpaired) electrons. The van der Waals surface area contributed by atoms with Gasteiger partial charge in [-0.25, -0.2) is 4.98 Å². The van der Waals surface area contributed by atoms with Crippen LogP contribution in [0.15, 0.2) is 30.5 Å². The molecule has 1 aromatic heterocycles. The number of phenols is 1. The zero-order chi connectivity index (χ0) is 12.4. The topological polar surface area (TPSA) is 71.2 Å². The van der Waals surface area contributed by atoms with E-state index in [9.17, 15) is 5.11 Å². The fourth-order valence-electron chi connectivity index (χ4n) is 1.57. The number of nitrogen functional groups attached to an aromatic ring is 1. The minimum Gasteiger partial charge on any atom is -0.506 e. The number of hydrogen-bond donors (Lipinski definition) is 3. The Labute approximate surface area is 100 Å². The van der Waals surface area contributed by atoms with Crippen molar-refractivity contribution in [2.24, 2.45) is 0 Å².